The summed E-state index contributed by atoms with van der Waals surface area (Å²) in [6, 6.07) is 1.23. The predicted molar refractivity (Wildman–Crippen MR) is 53.4 cm³/mol. The van der Waals surface area contributed by atoms with Crippen LogP contribution in [0.3, 0.4) is 0 Å². The second-order valence-corrected chi connectivity index (χ2v) is 3.44. The highest BCUT2D eigenvalue weighted by molar-refractivity contribution is 6.31. The lowest BCUT2D eigenvalue weighted by Crippen LogP contribution is -2.11. The van der Waals surface area contributed by atoms with Crippen LogP contribution in [0.25, 0.3) is 0 Å². The molecule has 0 atom stereocenters. The van der Waals surface area contributed by atoms with Gasteiger partial charge in [-0.25, -0.2) is 13.8 Å². The first kappa shape index (κ1) is 12.8. The molecule has 0 fully saturated rings. The highest BCUT2D eigenvalue weighted by Crippen LogP contribution is 2.27. The summed E-state index contributed by atoms with van der Waals surface area (Å²) in [6.45, 7) is -0.00114. The lowest BCUT2D eigenvalue weighted by molar-refractivity contribution is -0.136. The third-order valence-corrected chi connectivity index (χ3v) is 2.22. The average molecular weight is 251 g/mol. The fourth-order valence-electron chi connectivity index (χ4n) is 1.21. The standard InChI is InChI=1S/C9H9ClF2N2O2/c10-5-1-4(3-13)6(2-7(15)16)14-8(5)9(11)12/h1,9H,2-3,13H2,(H,15,16). The van der Waals surface area contributed by atoms with E-state index >= 15 is 0 Å². The molecule has 1 aromatic heterocycles. The number of rotatable bonds is 4. The fraction of sp³-hybridized carbons (Fsp3) is 0.333. The van der Waals surface area contributed by atoms with Gasteiger partial charge >= 0.3 is 5.97 Å². The summed E-state index contributed by atoms with van der Waals surface area (Å²) in [6.07, 6.45) is -3.30. The first-order valence-corrected chi connectivity index (χ1v) is 4.71. The number of carbonyl (C=O) groups is 1. The summed E-state index contributed by atoms with van der Waals surface area (Å²) in [4.78, 5) is 14.0. The zero-order valence-corrected chi connectivity index (χ0v) is 8.84. The first-order chi connectivity index (χ1) is 7.45. The van der Waals surface area contributed by atoms with Crippen molar-refractivity contribution in [3.63, 3.8) is 0 Å². The summed E-state index contributed by atoms with van der Waals surface area (Å²) < 4.78 is 24.9. The van der Waals surface area contributed by atoms with Crippen molar-refractivity contribution in [3.8, 4) is 0 Å². The van der Waals surface area contributed by atoms with Crippen LogP contribution in [0, 0.1) is 0 Å². The molecule has 0 spiro atoms. The van der Waals surface area contributed by atoms with E-state index in [2.05, 4.69) is 4.98 Å². The monoisotopic (exact) mass is 250 g/mol. The molecule has 4 nitrogen and oxygen atoms in total. The van der Waals surface area contributed by atoms with Gasteiger partial charge in [0.1, 0.15) is 5.69 Å². The van der Waals surface area contributed by atoms with Gasteiger partial charge in [-0.05, 0) is 11.6 Å². The van der Waals surface area contributed by atoms with E-state index in [1.165, 1.54) is 6.07 Å². The second-order valence-electron chi connectivity index (χ2n) is 3.04. The van der Waals surface area contributed by atoms with Crippen molar-refractivity contribution >= 4 is 17.6 Å². The highest BCUT2D eigenvalue weighted by Gasteiger charge is 2.18. The summed E-state index contributed by atoms with van der Waals surface area (Å²) in [5.41, 5.74) is 5.11. The molecule has 0 saturated carbocycles. The van der Waals surface area contributed by atoms with E-state index in [4.69, 9.17) is 22.4 Å². The van der Waals surface area contributed by atoms with Crippen molar-refractivity contribution in [2.45, 2.75) is 19.4 Å². The van der Waals surface area contributed by atoms with E-state index in [-0.39, 0.29) is 17.3 Å². The molecule has 88 valence electrons. The third kappa shape index (κ3) is 2.86. The lowest BCUT2D eigenvalue weighted by Gasteiger charge is -2.09. The average Bonchev–Trinajstić information content (AvgIpc) is 2.18. The number of carboxylic acids is 1. The number of halogens is 3. The number of nitrogens with two attached hydrogens (primary N) is 1. The molecular weight excluding hydrogens is 242 g/mol. The maximum absolute atomic E-state index is 12.5. The van der Waals surface area contributed by atoms with Gasteiger partial charge in [0.2, 0.25) is 0 Å². The topological polar surface area (TPSA) is 76.2 Å². The Morgan fingerprint density at radius 2 is 2.25 bits per heavy atom. The molecule has 7 heteroatoms. The van der Waals surface area contributed by atoms with Crippen molar-refractivity contribution in [1.82, 2.24) is 4.98 Å². The van der Waals surface area contributed by atoms with Crippen LogP contribution in [-0.4, -0.2) is 16.1 Å². The Hall–Kier alpha value is -1.27. The van der Waals surface area contributed by atoms with Crippen molar-refractivity contribution in [3.05, 3.63) is 28.0 Å². The van der Waals surface area contributed by atoms with Crippen LogP contribution >= 0.6 is 11.6 Å². The molecule has 0 saturated heterocycles. The Morgan fingerprint density at radius 3 is 2.69 bits per heavy atom. The summed E-state index contributed by atoms with van der Waals surface area (Å²) >= 11 is 5.57. The quantitative estimate of drug-likeness (QED) is 0.854. The third-order valence-electron chi connectivity index (χ3n) is 1.92. The lowest BCUT2D eigenvalue weighted by atomic mass is 10.1. The smallest absolute Gasteiger partial charge is 0.309 e. The minimum Gasteiger partial charge on any atom is -0.481 e. The van der Waals surface area contributed by atoms with Crippen LogP contribution in [-0.2, 0) is 17.8 Å². The van der Waals surface area contributed by atoms with Crippen LogP contribution in [0.1, 0.15) is 23.4 Å². The Kier molecular flexibility index (Phi) is 4.14. The van der Waals surface area contributed by atoms with Gasteiger partial charge < -0.3 is 10.8 Å². The Balaban J connectivity index is 3.22. The molecule has 0 aliphatic heterocycles. The zero-order chi connectivity index (χ0) is 12.3. The Labute approximate surface area is 95.0 Å². The molecule has 3 N–H and O–H groups in total. The number of alkyl halides is 2. The van der Waals surface area contributed by atoms with E-state index in [1.54, 1.807) is 0 Å². The predicted octanol–water partition coefficient (Wildman–Crippen LogP) is 1.76. The molecule has 0 radical (unpaired) electrons. The molecule has 0 bridgehead atoms. The van der Waals surface area contributed by atoms with E-state index in [1.807, 2.05) is 0 Å². The SMILES string of the molecule is NCc1cc(Cl)c(C(F)F)nc1CC(=O)O. The Morgan fingerprint density at radius 1 is 1.62 bits per heavy atom. The summed E-state index contributed by atoms with van der Waals surface area (Å²) in [5.74, 6) is -1.16. The van der Waals surface area contributed by atoms with Crippen LogP contribution in [0.15, 0.2) is 6.07 Å². The largest absolute Gasteiger partial charge is 0.481 e. The number of carboxylic acid groups (broad SMARTS) is 1. The number of aromatic nitrogens is 1. The number of hydrogen-bond acceptors (Lipinski definition) is 3. The molecule has 0 amide bonds. The number of nitrogens with zero attached hydrogens (tertiary/aromatic N) is 1. The van der Waals surface area contributed by atoms with Gasteiger partial charge in [-0.1, -0.05) is 11.6 Å². The van der Waals surface area contributed by atoms with E-state index in [0.29, 0.717) is 5.56 Å². The summed E-state index contributed by atoms with van der Waals surface area (Å²) in [5, 5.41) is 8.38. The highest BCUT2D eigenvalue weighted by atomic mass is 35.5. The van der Waals surface area contributed by atoms with Crippen LogP contribution < -0.4 is 5.73 Å². The van der Waals surface area contributed by atoms with Gasteiger partial charge in [0.15, 0.2) is 0 Å². The molecule has 1 rings (SSSR count). The van der Waals surface area contributed by atoms with Crippen molar-refractivity contribution in [2.24, 2.45) is 5.73 Å². The molecule has 0 aromatic carbocycles. The van der Waals surface area contributed by atoms with Crippen molar-refractivity contribution in [1.29, 1.82) is 0 Å². The number of pyridine rings is 1. The normalized spacial score (nSPS) is 10.8. The van der Waals surface area contributed by atoms with E-state index in [9.17, 15) is 13.6 Å². The van der Waals surface area contributed by atoms with Gasteiger partial charge in [0.05, 0.1) is 17.1 Å². The van der Waals surface area contributed by atoms with Crippen LogP contribution in [0.5, 0.6) is 0 Å². The van der Waals surface area contributed by atoms with E-state index < -0.39 is 24.5 Å². The Bertz CT molecular complexity index is 413. The van der Waals surface area contributed by atoms with Gasteiger partial charge in [-0.2, -0.15) is 0 Å². The van der Waals surface area contributed by atoms with Gasteiger partial charge in [0, 0.05) is 6.54 Å². The zero-order valence-electron chi connectivity index (χ0n) is 8.08. The second kappa shape index (κ2) is 5.18. The van der Waals surface area contributed by atoms with Crippen LogP contribution in [0.2, 0.25) is 5.02 Å². The molecule has 1 aromatic rings. The number of hydrogen-bond donors (Lipinski definition) is 2. The van der Waals surface area contributed by atoms with Crippen molar-refractivity contribution in [2.75, 3.05) is 0 Å². The maximum Gasteiger partial charge on any atom is 0.309 e. The molecular formula is C9H9ClF2N2O2. The molecule has 0 unspecified atom stereocenters. The minimum atomic E-state index is -2.84. The molecule has 0 aliphatic rings. The van der Waals surface area contributed by atoms with Crippen LogP contribution in [0.4, 0.5) is 8.78 Å². The van der Waals surface area contributed by atoms with Gasteiger partial charge in [0.25, 0.3) is 6.43 Å². The van der Waals surface area contributed by atoms with Gasteiger partial charge in [-0.3, -0.25) is 4.79 Å². The summed E-state index contributed by atoms with van der Waals surface area (Å²) in [7, 11) is 0. The van der Waals surface area contributed by atoms with Crippen molar-refractivity contribution < 1.29 is 18.7 Å². The number of aliphatic carboxylic acids is 1. The maximum atomic E-state index is 12.5. The molecule has 1 heterocycles. The molecule has 0 aliphatic carbocycles. The first-order valence-electron chi connectivity index (χ1n) is 4.34. The van der Waals surface area contributed by atoms with Gasteiger partial charge in [-0.15, -0.1) is 0 Å². The van der Waals surface area contributed by atoms with E-state index in [0.717, 1.165) is 0 Å². The molecule has 16 heavy (non-hydrogen) atoms. The fourth-order valence-corrected chi connectivity index (χ4v) is 1.46. The minimum absolute atomic E-state index is 0.00114.